The summed E-state index contributed by atoms with van der Waals surface area (Å²) in [5.41, 5.74) is 4.22. The van der Waals surface area contributed by atoms with Gasteiger partial charge in [0.15, 0.2) is 5.11 Å². The first-order chi connectivity index (χ1) is 15.2. The molecule has 0 radical (unpaired) electrons. The van der Waals surface area contributed by atoms with E-state index in [2.05, 4.69) is 33.2 Å². The Labute approximate surface area is 186 Å². The Morgan fingerprint density at radius 3 is 2.29 bits per heavy atom. The average Bonchev–Trinajstić information content (AvgIpc) is 3.44. The van der Waals surface area contributed by atoms with Crippen LogP contribution in [0.1, 0.15) is 29.0 Å². The third-order valence-corrected chi connectivity index (χ3v) is 5.72. The molecule has 1 aliphatic rings. The standard InChI is InChI=1S/C25H22N4OS/c1-17-7-11-19(12-8-17)30-20-13-9-18(10-14-20)29-24(22-6-4-16-27-22)23(28-25(29)31)21-5-2-3-15-26-21/h2-16,23-24,27H,1H3,(H,28,31). The van der Waals surface area contributed by atoms with Crippen LogP contribution in [0.3, 0.4) is 0 Å². The van der Waals surface area contributed by atoms with Crippen LogP contribution in [0.5, 0.6) is 11.5 Å². The van der Waals surface area contributed by atoms with Crippen LogP contribution < -0.4 is 15.0 Å². The van der Waals surface area contributed by atoms with Gasteiger partial charge in [0.05, 0.1) is 11.7 Å². The van der Waals surface area contributed by atoms with Gasteiger partial charge in [0.25, 0.3) is 0 Å². The first kappa shape index (κ1) is 19.3. The van der Waals surface area contributed by atoms with Crippen molar-refractivity contribution >= 4 is 23.0 Å². The summed E-state index contributed by atoms with van der Waals surface area (Å²) in [6.07, 6.45) is 3.74. The van der Waals surface area contributed by atoms with Crippen molar-refractivity contribution in [2.24, 2.45) is 0 Å². The van der Waals surface area contributed by atoms with Crippen molar-refractivity contribution in [3.8, 4) is 11.5 Å². The van der Waals surface area contributed by atoms with Gasteiger partial charge in [-0.25, -0.2) is 0 Å². The number of thiocarbonyl (C=S) groups is 1. The smallest absolute Gasteiger partial charge is 0.174 e. The van der Waals surface area contributed by atoms with E-state index in [1.165, 1.54) is 5.56 Å². The third-order valence-electron chi connectivity index (χ3n) is 5.41. The Balaban J connectivity index is 1.45. The Bertz CT molecular complexity index is 1160. The number of hydrogen-bond acceptors (Lipinski definition) is 3. The van der Waals surface area contributed by atoms with Crippen molar-refractivity contribution in [3.63, 3.8) is 0 Å². The zero-order valence-corrected chi connectivity index (χ0v) is 17.8. The molecule has 1 aliphatic heterocycles. The molecule has 2 unspecified atom stereocenters. The van der Waals surface area contributed by atoms with Gasteiger partial charge in [-0.2, -0.15) is 0 Å². The molecule has 0 bridgehead atoms. The van der Waals surface area contributed by atoms with Crippen molar-refractivity contribution in [2.75, 3.05) is 4.90 Å². The number of H-pyrrole nitrogens is 1. The summed E-state index contributed by atoms with van der Waals surface area (Å²) < 4.78 is 5.98. The number of ether oxygens (including phenoxy) is 1. The largest absolute Gasteiger partial charge is 0.457 e. The van der Waals surface area contributed by atoms with Crippen molar-refractivity contribution in [1.82, 2.24) is 15.3 Å². The number of anilines is 1. The fourth-order valence-corrected chi connectivity index (χ4v) is 4.24. The van der Waals surface area contributed by atoms with Gasteiger partial charge in [-0.1, -0.05) is 23.8 Å². The molecule has 31 heavy (non-hydrogen) atoms. The molecular weight excluding hydrogens is 404 g/mol. The number of aryl methyl sites for hydroxylation is 1. The van der Waals surface area contributed by atoms with Gasteiger partial charge in [0.1, 0.15) is 17.5 Å². The number of aromatic amines is 1. The van der Waals surface area contributed by atoms with Gasteiger partial charge in [0.2, 0.25) is 0 Å². The van der Waals surface area contributed by atoms with Crippen LogP contribution in [0, 0.1) is 6.92 Å². The summed E-state index contributed by atoms with van der Waals surface area (Å²) >= 11 is 5.74. The second kappa shape index (κ2) is 8.24. The van der Waals surface area contributed by atoms with Crippen LogP contribution in [-0.2, 0) is 0 Å². The van der Waals surface area contributed by atoms with Gasteiger partial charge in [-0.15, -0.1) is 0 Å². The summed E-state index contributed by atoms with van der Waals surface area (Å²) in [5.74, 6) is 1.60. The zero-order chi connectivity index (χ0) is 21.2. The molecule has 3 heterocycles. The van der Waals surface area contributed by atoms with E-state index in [0.717, 1.165) is 28.6 Å². The molecule has 0 amide bonds. The molecule has 0 spiro atoms. The topological polar surface area (TPSA) is 53.2 Å². The minimum absolute atomic E-state index is 0.0405. The average molecular weight is 427 g/mol. The van der Waals surface area contributed by atoms with Crippen LogP contribution in [0.2, 0.25) is 0 Å². The fraction of sp³-hybridized carbons (Fsp3) is 0.120. The maximum atomic E-state index is 5.98. The minimum Gasteiger partial charge on any atom is -0.457 e. The van der Waals surface area contributed by atoms with E-state index in [1.54, 1.807) is 0 Å². The van der Waals surface area contributed by atoms with E-state index in [0.29, 0.717) is 5.11 Å². The number of pyridine rings is 1. The Kier molecular flexibility index (Phi) is 5.14. The van der Waals surface area contributed by atoms with Crippen molar-refractivity contribution in [2.45, 2.75) is 19.0 Å². The quantitative estimate of drug-likeness (QED) is 0.402. The number of benzene rings is 2. The molecule has 0 aliphatic carbocycles. The van der Waals surface area contributed by atoms with Gasteiger partial charge >= 0.3 is 0 Å². The van der Waals surface area contributed by atoms with Crippen LogP contribution >= 0.6 is 12.2 Å². The summed E-state index contributed by atoms with van der Waals surface area (Å²) in [6.45, 7) is 2.06. The normalized spacial score (nSPS) is 18.1. The highest BCUT2D eigenvalue weighted by molar-refractivity contribution is 7.80. The lowest BCUT2D eigenvalue weighted by Gasteiger charge is -2.27. The van der Waals surface area contributed by atoms with Crippen LogP contribution in [0.15, 0.2) is 91.3 Å². The molecule has 0 saturated carbocycles. The van der Waals surface area contributed by atoms with E-state index in [-0.39, 0.29) is 12.1 Å². The van der Waals surface area contributed by atoms with Crippen LogP contribution in [0.4, 0.5) is 5.69 Å². The molecule has 2 aromatic carbocycles. The third kappa shape index (κ3) is 3.90. The van der Waals surface area contributed by atoms with E-state index < -0.39 is 0 Å². The van der Waals surface area contributed by atoms with Crippen molar-refractivity contribution in [3.05, 3.63) is 108 Å². The molecule has 154 valence electrons. The summed E-state index contributed by atoms with van der Waals surface area (Å²) in [6, 6.07) is 26.0. The Morgan fingerprint density at radius 2 is 1.65 bits per heavy atom. The Hall–Kier alpha value is -3.64. The molecule has 2 atom stereocenters. The molecular formula is C25H22N4OS. The summed E-state index contributed by atoms with van der Waals surface area (Å²) in [5, 5.41) is 4.13. The van der Waals surface area contributed by atoms with E-state index in [1.807, 2.05) is 85.2 Å². The molecule has 6 heteroatoms. The SMILES string of the molecule is Cc1ccc(Oc2ccc(N3C(=S)NC(c4ccccn4)C3c3ccc[nH]3)cc2)cc1. The van der Waals surface area contributed by atoms with Gasteiger partial charge in [0, 0.05) is 23.8 Å². The van der Waals surface area contributed by atoms with Gasteiger partial charge < -0.3 is 19.9 Å². The number of rotatable bonds is 5. The monoisotopic (exact) mass is 426 g/mol. The number of aromatic nitrogens is 2. The lowest BCUT2D eigenvalue weighted by atomic mass is 10.0. The fourth-order valence-electron chi connectivity index (χ4n) is 3.89. The predicted octanol–water partition coefficient (Wildman–Crippen LogP) is 5.69. The highest BCUT2D eigenvalue weighted by atomic mass is 32.1. The minimum atomic E-state index is -0.0594. The zero-order valence-electron chi connectivity index (χ0n) is 17.0. The number of hydrogen-bond donors (Lipinski definition) is 2. The van der Waals surface area contributed by atoms with Gasteiger partial charge in [-0.3, -0.25) is 4.98 Å². The molecule has 1 saturated heterocycles. The van der Waals surface area contributed by atoms with Crippen molar-refractivity contribution < 1.29 is 4.74 Å². The number of nitrogens with zero attached hydrogens (tertiary/aromatic N) is 2. The van der Waals surface area contributed by atoms with E-state index in [4.69, 9.17) is 17.0 Å². The van der Waals surface area contributed by atoms with Crippen molar-refractivity contribution in [1.29, 1.82) is 0 Å². The maximum Gasteiger partial charge on any atom is 0.174 e. The summed E-state index contributed by atoms with van der Waals surface area (Å²) in [4.78, 5) is 10.1. The lowest BCUT2D eigenvalue weighted by molar-refractivity contribution is 0.482. The molecule has 5 nitrogen and oxygen atoms in total. The van der Waals surface area contributed by atoms with Crippen LogP contribution in [0.25, 0.3) is 0 Å². The molecule has 1 fully saturated rings. The Morgan fingerprint density at radius 1 is 0.903 bits per heavy atom. The molecule has 2 N–H and O–H groups in total. The second-order valence-corrected chi connectivity index (χ2v) is 7.92. The highest BCUT2D eigenvalue weighted by Gasteiger charge is 2.41. The lowest BCUT2D eigenvalue weighted by Crippen LogP contribution is -2.29. The number of nitrogens with one attached hydrogen (secondary N) is 2. The maximum absolute atomic E-state index is 5.98. The van der Waals surface area contributed by atoms with Crippen LogP contribution in [-0.4, -0.2) is 15.1 Å². The molecule has 5 rings (SSSR count). The van der Waals surface area contributed by atoms with Gasteiger partial charge in [-0.05, 0) is 79.8 Å². The summed E-state index contributed by atoms with van der Waals surface area (Å²) in [7, 11) is 0. The first-order valence-electron chi connectivity index (χ1n) is 10.2. The predicted molar refractivity (Wildman–Crippen MR) is 126 cm³/mol. The molecule has 4 aromatic rings. The molecule has 2 aromatic heterocycles. The first-order valence-corrected chi connectivity index (χ1v) is 10.6. The second-order valence-electron chi connectivity index (χ2n) is 7.53. The van der Waals surface area contributed by atoms with E-state index in [9.17, 15) is 0 Å². The van der Waals surface area contributed by atoms with E-state index >= 15 is 0 Å². The highest BCUT2D eigenvalue weighted by Crippen LogP contribution is 2.41.